The van der Waals surface area contributed by atoms with Crippen molar-refractivity contribution in [2.24, 2.45) is 0 Å². The molecule has 0 spiro atoms. The minimum absolute atomic E-state index is 0.0601. The van der Waals surface area contributed by atoms with E-state index >= 15 is 0 Å². The topological polar surface area (TPSA) is 74.8 Å². The zero-order valence-corrected chi connectivity index (χ0v) is 10.0. The van der Waals surface area contributed by atoms with Crippen molar-refractivity contribution in [2.45, 2.75) is 40.2 Å². The average molecular weight is 223 g/mol. The second kappa shape index (κ2) is 4.92. The molecule has 88 valence electrons. The van der Waals surface area contributed by atoms with E-state index in [2.05, 4.69) is 15.3 Å². The molecule has 2 N–H and O–H groups in total. The van der Waals surface area contributed by atoms with Gasteiger partial charge in [-0.1, -0.05) is 0 Å². The lowest BCUT2D eigenvalue weighted by Crippen LogP contribution is -2.32. The highest BCUT2D eigenvalue weighted by Gasteiger charge is 2.11. The third kappa shape index (κ3) is 3.18. The number of carbonyl (C=O) groups excluding carboxylic acids is 1. The Morgan fingerprint density at radius 2 is 2.06 bits per heavy atom. The lowest BCUT2D eigenvalue weighted by Gasteiger charge is -2.10. The summed E-state index contributed by atoms with van der Waals surface area (Å²) in [7, 11) is 0. The van der Waals surface area contributed by atoms with Gasteiger partial charge in [-0.2, -0.15) is 4.98 Å². The van der Waals surface area contributed by atoms with Crippen LogP contribution < -0.4 is 11.0 Å². The summed E-state index contributed by atoms with van der Waals surface area (Å²) in [6, 6.07) is 0.115. The van der Waals surface area contributed by atoms with Crippen LogP contribution in [0.2, 0.25) is 0 Å². The number of nitrogens with one attached hydrogen (secondary N) is 2. The van der Waals surface area contributed by atoms with Gasteiger partial charge in [-0.3, -0.25) is 4.79 Å². The summed E-state index contributed by atoms with van der Waals surface area (Å²) >= 11 is 0. The summed E-state index contributed by atoms with van der Waals surface area (Å²) in [5.41, 5.74) is 1.73. The lowest BCUT2D eigenvalue weighted by molar-refractivity contribution is -0.120. The van der Waals surface area contributed by atoms with Crippen molar-refractivity contribution in [3.8, 4) is 0 Å². The van der Waals surface area contributed by atoms with E-state index in [0.717, 1.165) is 5.56 Å². The minimum atomic E-state index is -0.372. The van der Waals surface area contributed by atoms with Gasteiger partial charge in [0, 0.05) is 23.0 Å². The molecule has 1 amide bonds. The van der Waals surface area contributed by atoms with E-state index in [1.54, 1.807) is 13.8 Å². The Hall–Kier alpha value is -1.65. The van der Waals surface area contributed by atoms with E-state index in [0.29, 0.717) is 11.4 Å². The molecule has 1 rings (SSSR count). The van der Waals surface area contributed by atoms with Crippen LogP contribution in [0, 0.1) is 13.8 Å². The van der Waals surface area contributed by atoms with E-state index in [4.69, 9.17) is 0 Å². The van der Waals surface area contributed by atoms with Crippen LogP contribution >= 0.6 is 0 Å². The van der Waals surface area contributed by atoms with Gasteiger partial charge in [0.2, 0.25) is 5.91 Å². The fraction of sp³-hybridized carbons (Fsp3) is 0.545. The van der Waals surface area contributed by atoms with Crippen LogP contribution in [0.5, 0.6) is 0 Å². The molecule has 1 aromatic rings. The van der Waals surface area contributed by atoms with Crippen molar-refractivity contribution >= 4 is 5.91 Å². The Balaban J connectivity index is 2.89. The van der Waals surface area contributed by atoms with Gasteiger partial charge in [0.15, 0.2) is 0 Å². The summed E-state index contributed by atoms with van der Waals surface area (Å²) in [5, 5.41) is 2.80. The Kier molecular flexibility index (Phi) is 3.82. The predicted octanol–water partition coefficient (Wildman–Crippen LogP) is 0.454. The molecule has 0 fully saturated rings. The average Bonchev–Trinajstić information content (AvgIpc) is 2.09. The highest BCUT2D eigenvalue weighted by Crippen LogP contribution is 2.07. The number of aromatic nitrogens is 2. The van der Waals surface area contributed by atoms with Gasteiger partial charge < -0.3 is 10.3 Å². The molecule has 0 aliphatic rings. The number of amides is 1. The fourth-order valence-electron chi connectivity index (χ4n) is 1.55. The normalized spacial score (nSPS) is 10.6. The first-order valence-corrected chi connectivity index (χ1v) is 5.26. The van der Waals surface area contributed by atoms with E-state index in [1.165, 1.54) is 0 Å². The van der Waals surface area contributed by atoms with Crippen molar-refractivity contribution in [1.82, 2.24) is 15.3 Å². The van der Waals surface area contributed by atoms with Crippen molar-refractivity contribution < 1.29 is 4.79 Å². The highest BCUT2D eigenvalue weighted by atomic mass is 16.2. The summed E-state index contributed by atoms with van der Waals surface area (Å²) in [6.07, 6.45) is 0.250. The summed E-state index contributed by atoms with van der Waals surface area (Å²) < 4.78 is 0. The second-order valence-corrected chi connectivity index (χ2v) is 4.13. The van der Waals surface area contributed by atoms with Gasteiger partial charge in [0.25, 0.3) is 0 Å². The fourth-order valence-corrected chi connectivity index (χ4v) is 1.55. The first-order chi connectivity index (χ1) is 7.40. The number of H-pyrrole nitrogens is 1. The Labute approximate surface area is 94.3 Å². The van der Waals surface area contributed by atoms with E-state index in [-0.39, 0.29) is 24.1 Å². The number of hydrogen-bond donors (Lipinski definition) is 2. The van der Waals surface area contributed by atoms with Crippen molar-refractivity contribution in [3.63, 3.8) is 0 Å². The van der Waals surface area contributed by atoms with Crippen LogP contribution in [0.3, 0.4) is 0 Å². The first kappa shape index (κ1) is 12.4. The Bertz CT molecular complexity index is 423. The molecule has 0 bridgehead atoms. The molecule has 1 aromatic heterocycles. The van der Waals surface area contributed by atoms with Gasteiger partial charge in [-0.25, -0.2) is 4.79 Å². The van der Waals surface area contributed by atoms with Crippen LogP contribution in [0.4, 0.5) is 0 Å². The molecular formula is C11H17N3O2. The molecule has 1 heterocycles. The Morgan fingerprint density at radius 3 is 2.56 bits per heavy atom. The molecule has 0 aliphatic heterocycles. The molecule has 0 saturated carbocycles. The Morgan fingerprint density at radius 1 is 1.44 bits per heavy atom. The molecule has 0 radical (unpaired) electrons. The second-order valence-electron chi connectivity index (χ2n) is 4.13. The number of rotatable bonds is 3. The van der Waals surface area contributed by atoms with Crippen LogP contribution in [0.15, 0.2) is 4.79 Å². The highest BCUT2D eigenvalue weighted by molar-refractivity contribution is 5.79. The van der Waals surface area contributed by atoms with Crippen molar-refractivity contribution in [2.75, 3.05) is 0 Å². The van der Waals surface area contributed by atoms with E-state index < -0.39 is 0 Å². The quantitative estimate of drug-likeness (QED) is 0.781. The summed E-state index contributed by atoms with van der Waals surface area (Å²) in [4.78, 5) is 29.0. The monoisotopic (exact) mass is 223 g/mol. The SMILES string of the molecule is Cc1nc(=O)[nH]c(C)c1CC(=O)NC(C)C. The number of aryl methyl sites for hydroxylation is 2. The van der Waals surface area contributed by atoms with Crippen molar-refractivity contribution in [3.05, 3.63) is 27.4 Å². The maximum Gasteiger partial charge on any atom is 0.345 e. The van der Waals surface area contributed by atoms with Gasteiger partial charge in [-0.05, 0) is 27.7 Å². The summed E-state index contributed by atoms with van der Waals surface area (Å²) in [6.45, 7) is 7.32. The standard InChI is InChI=1S/C11H17N3O2/c1-6(2)12-10(15)5-9-7(3)13-11(16)14-8(9)4/h6H,5H2,1-4H3,(H,12,15)(H,13,14,16). The van der Waals surface area contributed by atoms with Gasteiger partial charge in [-0.15, -0.1) is 0 Å². The smallest absolute Gasteiger partial charge is 0.345 e. The minimum Gasteiger partial charge on any atom is -0.354 e. The first-order valence-electron chi connectivity index (χ1n) is 5.26. The van der Waals surface area contributed by atoms with E-state index in [9.17, 15) is 9.59 Å². The molecule has 0 aliphatic carbocycles. The molecule has 0 saturated heterocycles. The van der Waals surface area contributed by atoms with Crippen LogP contribution in [0.25, 0.3) is 0 Å². The molecule has 16 heavy (non-hydrogen) atoms. The molecule has 5 nitrogen and oxygen atoms in total. The van der Waals surface area contributed by atoms with Crippen LogP contribution in [-0.2, 0) is 11.2 Å². The number of aromatic amines is 1. The number of nitrogens with zero attached hydrogens (tertiary/aromatic N) is 1. The zero-order valence-electron chi connectivity index (χ0n) is 10.0. The van der Waals surface area contributed by atoms with Crippen LogP contribution in [-0.4, -0.2) is 21.9 Å². The van der Waals surface area contributed by atoms with Gasteiger partial charge in [0.05, 0.1) is 6.42 Å². The van der Waals surface area contributed by atoms with E-state index in [1.807, 2.05) is 13.8 Å². The molecule has 0 atom stereocenters. The molecule has 0 aromatic carbocycles. The van der Waals surface area contributed by atoms with Gasteiger partial charge >= 0.3 is 5.69 Å². The zero-order chi connectivity index (χ0) is 12.3. The predicted molar refractivity (Wildman–Crippen MR) is 61.3 cm³/mol. The number of carbonyl (C=O) groups is 1. The molecule has 5 heteroatoms. The summed E-state index contributed by atoms with van der Waals surface area (Å²) in [5.74, 6) is -0.0601. The largest absolute Gasteiger partial charge is 0.354 e. The maximum atomic E-state index is 11.6. The third-order valence-corrected chi connectivity index (χ3v) is 2.24. The molecule has 0 unspecified atom stereocenters. The number of hydrogen-bond acceptors (Lipinski definition) is 3. The van der Waals surface area contributed by atoms with Crippen molar-refractivity contribution in [1.29, 1.82) is 0 Å². The van der Waals surface area contributed by atoms with Crippen LogP contribution in [0.1, 0.15) is 30.8 Å². The molecular weight excluding hydrogens is 206 g/mol. The maximum absolute atomic E-state index is 11.6. The third-order valence-electron chi connectivity index (χ3n) is 2.24. The lowest BCUT2D eigenvalue weighted by atomic mass is 10.1. The van der Waals surface area contributed by atoms with Gasteiger partial charge in [0.1, 0.15) is 0 Å².